The number of benzene rings is 1. The van der Waals surface area contributed by atoms with Gasteiger partial charge in [0.1, 0.15) is 0 Å². The second-order valence-corrected chi connectivity index (χ2v) is 5.43. The summed E-state index contributed by atoms with van der Waals surface area (Å²) in [6, 6.07) is 10.8. The van der Waals surface area contributed by atoms with Gasteiger partial charge in [-0.25, -0.2) is 4.79 Å². The van der Waals surface area contributed by atoms with Crippen molar-refractivity contribution in [2.75, 3.05) is 14.2 Å². The number of carbonyl (C=O) groups excluding carboxylic acids is 1. The van der Waals surface area contributed by atoms with Crippen molar-refractivity contribution in [2.45, 2.75) is 25.4 Å². The first kappa shape index (κ1) is 13.9. The summed E-state index contributed by atoms with van der Waals surface area (Å²) in [5, 5.41) is 0. The fourth-order valence-electron chi connectivity index (χ4n) is 3.10. The normalized spacial score (nSPS) is 17.0. The van der Waals surface area contributed by atoms with E-state index in [1.54, 1.807) is 0 Å². The largest absolute Gasteiger partial charge is 0.463 e. The number of aryl methyl sites for hydroxylation is 1. The van der Waals surface area contributed by atoms with E-state index in [2.05, 4.69) is 36.2 Å². The second kappa shape index (κ2) is 5.74. The van der Waals surface area contributed by atoms with Crippen LogP contribution in [-0.2, 0) is 17.7 Å². The number of nitrogens with zero attached hydrogens (tertiary/aromatic N) is 1. The quantitative estimate of drug-likeness (QED) is 0.809. The Bertz CT molecular complexity index is 647. The van der Waals surface area contributed by atoms with Crippen molar-refractivity contribution in [3.63, 3.8) is 0 Å². The van der Waals surface area contributed by atoms with Crippen molar-refractivity contribution < 1.29 is 13.9 Å². The SMILES string of the molecule is COC(=O)c1occc1CN(C)C1CCc2ccccc21. The lowest BCUT2D eigenvalue weighted by Crippen LogP contribution is -2.23. The van der Waals surface area contributed by atoms with Crippen molar-refractivity contribution >= 4 is 5.97 Å². The molecule has 1 aromatic heterocycles. The molecule has 1 aliphatic rings. The third-order valence-corrected chi connectivity index (χ3v) is 4.17. The van der Waals surface area contributed by atoms with E-state index in [9.17, 15) is 4.79 Å². The molecule has 1 atom stereocenters. The summed E-state index contributed by atoms with van der Waals surface area (Å²) in [6.07, 6.45) is 3.76. The molecule has 1 unspecified atom stereocenters. The summed E-state index contributed by atoms with van der Waals surface area (Å²) in [4.78, 5) is 13.9. The molecule has 0 fully saturated rings. The van der Waals surface area contributed by atoms with Gasteiger partial charge in [-0.2, -0.15) is 0 Å². The maximum Gasteiger partial charge on any atom is 0.374 e. The minimum Gasteiger partial charge on any atom is -0.463 e. The summed E-state index contributed by atoms with van der Waals surface area (Å²) >= 11 is 0. The highest BCUT2D eigenvalue weighted by Gasteiger charge is 2.27. The van der Waals surface area contributed by atoms with Crippen LogP contribution in [0.5, 0.6) is 0 Å². The molecule has 0 saturated carbocycles. The first-order chi connectivity index (χ1) is 10.2. The fraction of sp³-hybridized carbons (Fsp3) is 0.353. The summed E-state index contributed by atoms with van der Waals surface area (Å²) in [5.74, 6) is -0.120. The number of rotatable bonds is 4. The Kier molecular flexibility index (Phi) is 3.80. The van der Waals surface area contributed by atoms with Crippen LogP contribution in [0.15, 0.2) is 41.0 Å². The Hall–Kier alpha value is -2.07. The van der Waals surface area contributed by atoms with Gasteiger partial charge in [0.15, 0.2) is 0 Å². The van der Waals surface area contributed by atoms with Crippen LogP contribution in [0.25, 0.3) is 0 Å². The molecule has 3 rings (SSSR count). The highest BCUT2D eigenvalue weighted by Crippen LogP contribution is 2.35. The van der Waals surface area contributed by atoms with Gasteiger partial charge in [0.2, 0.25) is 5.76 Å². The first-order valence-corrected chi connectivity index (χ1v) is 7.13. The van der Waals surface area contributed by atoms with E-state index in [0.29, 0.717) is 18.3 Å². The highest BCUT2D eigenvalue weighted by molar-refractivity contribution is 5.87. The lowest BCUT2D eigenvalue weighted by atomic mass is 10.1. The Morgan fingerprint density at radius 3 is 3.00 bits per heavy atom. The Morgan fingerprint density at radius 1 is 1.38 bits per heavy atom. The first-order valence-electron chi connectivity index (χ1n) is 7.13. The molecule has 1 heterocycles. The van der Waals surface area contributed by atoms with E-state index in [0.717, 1.165) is 18.4 Å². The molecule has 21 heavy (non-hydrogen) atoms. The molecule has 2 aromatic rings. The predicted molar refractivity (Wildman–Crippen MR) is 79.0 cm³/mol. The van der Waals surface area contributed by atoms with Gasteiger partial charge in [-0.1, -0.05) is 24.3 Å². The predicted octanol–water partition coefficient (Wildman–Crippen LogP) is 3.19. The molecule has 1 aliphatic carbocycles. The third-order valence-electron chi connectivity index (χ3n) is 4.17. The van der Waals surface area contributed by atoms with Gasteiger partial charge in [0.05, 0.1) is 13.4 Å². The Morgan fingerprint density at radius 2 is 2.19 bits per heavy atom. The number of fused-ring (bicyclic) bond motifs is 1. The molecular formula is C17H19NO3. The van der Waals surface area contributed by atoms with E-state index in [4.69, 9.17) is 9.15 Å². The summed E-state index contributed by atoms with van der Waals surface area (Å²) in [5.41, 5.74) is 3.69. The van der Waals surface area contributed by atoms with Crippen LogP contribution in [0.4, 0.5) is 0 Å². The monoisotopic (exact) mass is 285 g/mol. The summed E-state index contributed by atoms with van der Waals surface area (Å²) in [7, 11) is 3.45. The van der Waals surface area contributed by atoms with Gasteiger partial charge in [0, 0.05) is 18.2 Å². The van der Waals surface area contributed by atoms with Crippen LogP contribution in [0.2, 0.25) is 0 Å². The maximum absolute atomic E-state index is 11.7. The van der Waals surface area contributed by atoms with Crippen molar-refractivity contribution in [1.82, 2.24) is 4.90 Å². The van der Waals surface area contributed by atoms with Crippen LogP contribution in [0.1, 0.15) is 39.7 Å². The van der Waals surface area contributed by atoms with Crippen LogP contribution in [-0.4, -0.2) is 25.0 Å². The molecule has 4 nitrogen and oxygen atoms in total. The number of hydrogen-bond acceptors (Lipinski definition) is 4. The van der Waals surface area contributed by atoms with E-state index in [1.165, 1.54) is 24.5 Å². The van der Waals surface area contributed by atoms with Gasteiger partial charge in [-0.05, 0) is 37.1 Å². The van der Waals surface area contributed by atoms with Gasteiger partial charge in [-0.3, -0.25) is 4.90 Å². The molecule has 0 N–H and O–H groups in total. The van der Waals surface area contributed by atoms with Crippen LogP contribution in [0.3, 0.4) is 0 Å². The summed E-state index contributed by atoms with van der Waals surface area (Å²) in [6.45, 7) is 0.667. The molecule has 0 spiro atoms. The molecular weight excluding hydrogens is 266 g/mol. The van der Waals surface area contributed by atoms with E-state index >= 15 is 0 Å². The van der Waals surface area contributed by atoms with Gasteiger partial charge < -0.3 is 9.15 Å². The topological polar surface area (TPSA) is 42.7 Å². The standard InChI is InChI=1S/C17H19NO3/c1-18(11-13-9-10-21-16(13)17(19)20-2)15-8-7-12-5-3-4-6-14(12)15/h3-6,9-10,15H,7-8,11H2,1-2H3. The van der Waals surface area contributed by atoms with Gasteiger partial charge in [-0.15, -0.1) is 0 Å². The molecule has 0 saturated heterocycles. The van der Waals surface area contributed by atoms with Gasteiger partial charge >= 0.3 is 5.97 Å². The number of ether oxygens (including phenoxy) is 1. The zero-order valence-electron chi connectivity index (χ0n) is 12.3. The van der Waals surface area contributed by atoms with E-state index in [-0.39, 0.29) is 0 Å². The van der Waals surface area contributed by atoms with Gasteiger partial charge in [0.25, 0.3) is 0 Å². The molecule has 0 bridgehead atoms. The highest BCUT2D eigenvalue weighted by atomic mass is 16.5. The molecule has 4 heteroatoms. The number of esters is 1. The molecule has 1 aromatic carbocycles. The van der Waals surface area contributed by atoms with Crippen LogP contribution in [0, 0.1) is 0 Å². The fourth-order valence-corrected chi connectivity index (χ4v) is 3.10. The Balaban J connectivity index is 1.78. The van der Waals surface area contributed by atoms with Crippen molar-refractivity contribution in [2.24, 2.45) is 0 Å². The third kappa shape index (κ3) is 2.59. The minimum absolute atomic E-state index is 0.302. The molecule has 0 aliphatic heterocycles. The molecule has 0 radical (unpaired) electrons. The number of carbonyl (C=O) groups is 1. The zero-order valence-corrected chi connectivity index (χ0v) is 12.3. The van der Waals surface area contributed by atoms with Crippen LogP contribution >= 0.6 is 0 Å². The zero-order chi connectivity index (χ0) is 14.8. The molecule has 0 amide bonds. The lowest BCUT2D eigenvalue weighted by Gasteiger charge is -2.25. The minimum atomic E-state index is -0.421. The molecule has 110 valence electrons. The second-order valence-electron chi connectivity index (χ2n) is 5.43. The Labute approximate surface area is 124 Å². The average Bonchev–Trinajstić information content (AvgIpc) is 3.12. The van der Waals surface area contributed by atoms with E-state index in [1.807, 2.05) is 6.07 Å². The smallest absolute Gasteiger partial charge is 0.374 e. The van der Waals surface area contributed by atoms with Crippen molar-refractivity contribution in [3.05, 3.63) is 59.0 Å². The summed E-state index contributed by atoms with van der Waals surface area (Å²) < 4.78 is 10.00. The number of furan rings is 1. The maximum atomic E-state index is 11.7. The van der Waals surface area contributed by atoms with Crippen molar-refractivity contribution in [3.8, 4) is 0 Å². The number of methoxy groups -OCH3 is 1. The number of hydrogen-bond donors (Lipinski definition) is 0. The van der Waals surface area contributed by atoms with E-state index < -0.39 is 5.97 Å². The lowest BCUT2D eigenvalue weighted by molar-refractivity contribution is 0.0561. The average molecular weight is 285 g/mol. The van der Waals surface area contributed by atoms with Crippen molar-refractivity contribution in [1.29, 1.82) is 0 Å². The van der Waals surface area contributed by atoms with Crippen LogP contribution < -0.4 is 0 Å².